The van der Waals surface area contributed by atoms with E-state index in [2.05, 4.69) is 6.07 Å². The maximum atomic E-state index is 9.01. The molecule has 0 saturated heterocycles. The maximum absolute atomic E-state index is 9.01. The van der Waals surface area contributed by atoms with Gasteiger partial charge in [-0.05, 0) is 54.7 Å². The van der Waals surface area contributed by atoms with E-state index in [1.54, 1.807) is 12.1 Å². The van der Waals surface area contributed by atoms with Crippen LogP contribution in [-0.4, -0.2) is 6.21 Å². The number of hydrogen-bond donors (Lipinski definition) is 2. The van der Waals surface area contributed by atoms with Gasteiger partial charge in [-0.3, -0.25) is 0 Å². The summed E-state index contributed by atoms with van der Waals surface area (Å²) >= 11 is 0. The molecule has 4 nitrogen and oxygen atoms in total. The number of nitriles is 1. The molecule has 0 radical (unpaired) electrons. The van der Waals surface area contributed by atoms with E-state index in [4.69, 9.17) is 21.1 Å². The Balaban J connectivity index is 1.87. The zero-order valence-corrected chi connectivity index (χ0v) is 12.2. The van der Waals surface area contributed by atoms with E-state index in [0.717, 1.165) is 24.8 Å². The molecule has 2 aromatic rings. The Kier molecular flexibility index (Phi) is 3.80. The molecular formula is C18H17N3O. The van der Waals surface area contributed by atoms with E-state index in [9.17, 15) is 0 Å². The molecule has 0 saturated carbocycles. The van der Waals surface area contributed by atoms with Gasteiger partial charge >= 0.3 is 0 Å². The molecule has 2 aromatic carbocycles. The number of hydrogen-bond acceptors (Lipinski definition) is 4. The first-order valence-corrected chi connectivity index (χ1v) is 7.31. The van der Waals surface area contributed by atoms with E-state index in [1.807, 2.05) is 24.3 Å². The third-order valence-corrected chi connectivity index (χ3v) is 4.02. The van der Waals surface area contributed by atoms with Crippen LogP contribution in [-0.2, 0) is 6.42 Å². The van der Waals surface area contributed by atoms with Crippen molar-refractivity contribution >= 4 is 11.9 Å². The molecule has 22 heavy (non-hydrogen) atoms. The van der Waals surface area contributed by atoms with Gasteiger partial charge in [0.25, 0.3) is 0 Å². The minimum Gasteiger partial charge on any atom is -0.486 e. The van der Waals surface area contributed by atoms with Crippen LogP contribution < -0.4 is 10.5 Å². The van der Waals surface area contributed by atoms with E-state index in [-0.39, 0.29) is 6.10 Å². The van der Waals surface area contributed by atoms with Crippen LogP contribution in [0.25, 0.3) is 0 Å². The summed E-state index contributed by atoms with van der Waals surface area (Å²) in [5.74, 6) is 0.713. The summed E-state index contributed by atoms with van der Waals surface area (Å²) in [4.78, 5) is 0. The van der Waals surface area contributed by atoms with Crippen molar-refractivity contribution in [1.82, 2.24) is 0 Å². The molecular weight excluding hydrogens is 274 g/mol. The molecule has 1 aliphatic carbocycles. The van der Waals surface area contributed by atoms with E-state index in [0.29, 0.717) is 22.6 Å². The van der Waals surface area contributed by atoms with Crippen LogP contribution in [0.5, 0.6) is 5.75 Å². The van der Waals surface area contributed by atoms with Crippen molar-refractivity contribution in [3.8, 4) is 11.8 Å². The minimum atomic E-state index is -0.0123. The van der Waals surface area contributed by atoms with Gasteiger partial charge in [-0.25, -0.2) is 0 Å². The normalized spacial score (nSPS) is 16.4. The molecule has 4 heteroatoms. The molecule has 1 atom stereocenters. The van der Waals surface area contributed by atoms with Crippen molar-refractivity contribution in [3.05, 3.63) is 58.7 Å². The lowest BCUT2D eigenvalue weighted by molar-refractivity contribution is 0.183. The number of ether oxygens (including phenoxy) is 1. The fraction of sp³-hybridized carbons (Fsp3) is 0.222. The van der Waals surface area contributed by atoms with Gasteiger partial charge in [-0.15, -0.1) is 0 Å². The van der Waals surface area contributed by atoms with Crippen LogP contribution in [0.1, 0.15) is 41.2 Å². The molecule has 0 bridgehead atoms. The average molecular weight is 291 g/mol. The molecule has 0 heterocycles. The number of nitrogen functional groups attached to an aromatic ring is 1. The standard InChI is InChI=1S/C18H17N3O/c19-10-12-4-7-16-13(8-12)2-1-3-18(16)22-15-6-5-14(11-20)17(21)9-15/h4-9,11,18,20H,1-3,21H2. The summed E-state index contributed by atoms with van der Waals surface area (Å²) in [6, 6.07) is 13.4. The van der Waals surface area contributed by atoms with Crippen molar-refractivity contribution < 1.29 is 4.74 Å². The number of nitrogens with zero attached hydrogens (tertiary/aromatic N) is 1. The molecule has 1 unspecified atom stereocenters. The highest BCUT2D eigenvalue weighted by Crippen LogP contribution is 2.34. The average Bonchev–Trinajstić information content (AvgIpc) is 2.55. The summed E-state index contributed by atoms with van der Waals surface area (Å²) in [7, 11) is 0. The Hall–Kier alpha value is -2.80. The summed E-state index contributed by atoms with van der Waals surface area (Å²) in [5, 5.41) is 16.3. The fourth-order valence-corrected chi connectivity index (χ4v) is 2.88. The first-order valence-electron chi connectivity index (χ1n) is 7.31. The number of aryl methyl sites for hydroxylation is 1. The van der Waals surface area contributed by atoms with Gasteiger partial charge in [0.2, 0.25) is 0 Å². The van der Waals surface area contributed by atoms with Crippen molar-refractivity contribution in [1.29, 1.82) is 10.7 Å². The predicted molar refractivity (Wildman–Crippen MR) is 86.2 cm³/mol. The first kappa shape index (κ1) is 14.2. The van der Waals surface area contributed by atoms with Gasteiger partial charge in [0.1, 0.15) is 11.9 Å². The molecule has 1 aliphatic rings. The van der Waals surface area contributed by atoms with Crippen molar-refractivity contribution in [3.63, 3.8) is 0 Å². The van der Waals surface area contributed by atoms with Crippen LogP contribution in [0.4, 0.5) is 5.69 Å². The number of nitrogens with one attached hydrogen (secondary N) is 1. The van der Waals surface area contributed by atoms with E-state index < -0.39 is 0 Å². The number of nitrogens with two attached hydrogens (primary N) is 1. The minimum absolute atomic E-state index is 0.0123. The van der Waals surface area contributed by atoms with Gasteiger partial charge in [-0.2, -0.15) is 5.26 Å². The first-order chi connectivity index (χ1) is 10.7. The van der Waals surface area contributed by atoms with Gasteiger partial charge in [0, 0.05) is 23.5 Å². The summed E-state index contributed by atoms with van der Waals surface area (Å²) in [5.41, 5.74) is 10.2. The number of fused-ring (bicyclic) bond motifs is 1. The van der Waals surface area contributed by atoms with E-state index in [1.165, 1.54) is 11.8 Å². The highest BCUT2D eigenvalue weighted by molar-refractivity contribution is 5.85. The predicted octanol–water partition coefficient (Wildman–Crippen LogP) is 3.59. The van der Waals surface area contributed by atoms with Crippen LogP contribution in [0.3, 0.4) is 0 Å². The largest absolute Gasteiger partial charge is 0.486 e. The zero-order chi connectivity index (χ0) is 15.5. The number of benzene rings is 2. The summed E-state index contributed by atoms with van der Waals surface area (Å²) in [6.07, 6.45) is 4.20. The second-order valence-electron chi connectivity index (χ2n) is 5.46. The highest BCUT2D eigenvalue weighted by Gasteiger charge is 2.22. The third-order valence-electron chi connectivity index (χ3n) is 4.02. The third kappa shape index (κ3) is 2.66. The number of anilines is 1. The van der Waals surface area contributed by atoms with Crippen LogP contribution >= 0.6 is 0 Å². The second-order valence-corrected chi connectivity index (χ2v) is 5.46. The molecule has 0 amide bonds. The Morgan fingerprint density at radius 1 is 1.27 bits per heavy atom. The highest BCUT2D eigenvalue weighted by atomic mass is 16.5. The van der Waals surface area contributed by atoms with Crippen LogP contribution in [0, 0.1) is 16.7 Å². The fourth-order valence-electron chi connectivity index (χ4n) is 2.88. The smallest absolute Gasteiger partial charge is 0.124 e. The number of rotatable bonds is 3. The lowest BCUT2D eigenvalue weighted by Crippen LogP contribution is -2.15. The monoisotopic (exact) mass is 291 g/mol. The van der Waals surface area contributed by atoms with Crippen LogP contribution in [0.15, 0.2) is 36.4 Å². The molecule has 0 spiro atoms. The second kappa shape index (κ2) is 5.90. The molecule has 3 N–H and O–H groups in total. The zero-order valence-electron chi connectivity index (χ0n) is 12.2. The Bertz CT molecular complexity index is 761. The van der Waals surface area contributed by atoms with Crippen molar-refractivity contribution in [2.24, 2.45) is 0 Å². The molecule has 0 aromatic heterocycles. The summed E-state index contributed by atoms with van der Waals surface area (Å²) in [6.45, 7) is 0. The topological polar surface area (TPSA) is 82.9 Å². The maximum Gasteiger partial charge on any atom is 0.124 e. The van der Waals surface area contributed by atoms with Gasteiger partial charge in [0.05, 0.1) is 11.6 Å². The Labute approximate surface area is 129 Å². The van der Waals surface area contributed by atoms with Gasteiger partial charge in [-0.1, -0.05) is 6.07 Å². The lowest BCUT2D eigenvalue weighted by Gasteiger charge is -2.26. The summed E-state index contributed by atoms with van der Waals surface area (Å²) < 4.78 is 6.10. The van der Waals surface area contributed by atoms with Crippen molar-refractivity contribution in [2.75, 3.05) is 5.73 Å². The molecule has 0 aliphatic heterocycles. The Morgan fingerprint density at radius 3 is 2.86 bits per heavy atom. The molecule has 110 valence electrons. The SMILES string of the molecule is N#Cc1ccc2c(c1)CCCC2Oc1ccc(C=N)c(N)c1. The van der Waals surface area contributed by atoms with Gasteiger partial charge < -0.3 is 15.9 Å². The molecule has 3 rings (SSSR count). The lowest BCUT2D eigenvalue weighted by atomic mass is 9.88. The molecule has 0 fully saturated rings. The van der Waals surface area contributed by atoms with E-state index >= 15 is 0 Å². The quantitative estimate of drug-likeness (QED) is 0.669. The van der Waals surface area contributed by atoms with Crippen molar-refractivity contribution in [2.45, 2.75) is 25.4 Å². The van der Waals surface area contributed by atoms with Crippen LogP contribution in [0.2, 0.25) is 0 Å². The Morgan fingerprint density at radius 2 is 2.14 bits per heavy atom. The van der Waals surface area contributed by atoms with Gasteiger partial charge in [0.15, 0.2) is 0 Å².